The molecule has 0 aliphatic rings. The van der Waals surface area contributed by atoms with Crippen molar-refractivity contribution in [1.29, 1.82) is 0 Å². The van der Waals surface area contributed by atoms with Gasteiger partial charge in [-0.2, -0.15) is 0 Å². The van der Waals surface area contributed by atoms with Crippen LogP contribution in [0.3, 0.4) is 0 Å². The molecule has 0 aliphatic carbocycles. The number of nitrogen functional groups attached to an aromatic ring is 1. The molecule has 1 heterocycles. The molecule has 0 saturated carbocycles. The highest BCUT2D eigenvalue weighted by molar-refractivity contribution is 7.92. The van der Waals surface area contributed by atoms with Crippen LogP contribution in [-0.4, -0.2) is 19.7 Å². The summed E-state index contributed by atoms with van der Waals surface area (Å²) in [5.41, 5.74) is 6.66. The average Bonchev–Trinajstić information content (AvgIpc) is 1.93. The number of aryl methyl sites for hydroxylation is 1. The van der Waals surface area contributed by atoms with Crippen molar-refractivity contribution in [2.45, 2.75) is 6.92 Å². The molecule has 1 aromatic rings. The fraction of sp³-hybridized carbons (Fsp3) is 0.286. The topological polar surface area (TPSA) is 85.1 Å². The molecule has 0 saturated heterocycles. The largest absolute Gasteiger partial charge is 0.397 e. The summed E-state index contributed by atoms with van der Waals surface area (Å²) in [5.74, 6) is 0.316. The van der Waals surface area contributed by atoms with Gasteiger partial charge in [0.2, 0.25) is 10.0 Å². The van der Waals surface area contributed by atoms with E-state index in [1.165, 1.54) is 6.20 Å². The number of nitrogens with two attached hydrogens (primary N) is 1. The van der Waals surface area contributed by atoms with Crippen LogP contribution in [0.1, 0.15) is 5.56 Å². The van der Waals surface area contributed by atoms with E-state index in [0.29, 0.717) is 17.1 Å². The maximum Gasteiger partial charge on any atom is 0.230 e. The van der Waals surface area contributed by atoms with Crippen LogP contribution in [0.4, 0.5) is 11.5 Å². The first-order chi connectivity index (χ1) is 5.88. The molecule has 0 unspecified atom stereocenters. The molecule has 0 fully saturated rings. The quantitative estimate of drug-likeness (QED) is 0.722. The Hall–Kier alpha value is -1.30. The van der Waals surface area contributed by atoms with Gasteiger partial charge >= 0.3 is 0 Å². The van der Waals surface area contributed by atoms with Crippen LogP contribution in [0.15, 0.2) is 12.3 Å². The zero-order valence-electron chi connectivity index (χ0n) is 7.40. The number of sulfonamides is 1. The van der Waals surface area contributed by atoms with Gasteiger partial charge in [0.05, 0.1) is 18.1 Å². The molecule has 3 N–H and O–H groups in total. The van der Waals surface area contributed by atoms with Crippen molar-refractivity contribution >= 4 is 21.5 Å². The van der Waals surface area contributed by atoms with Crippen molar-refractivity contribution in [2.24, 2.45) is 0 Å². The number of aromatic nitrogens is 1. The van der Waals surface area contributed by atoms with E-state index < -0.39 is 10.0 Å². The lowest BCUT2D eigenvalue weighted by atomic mass is 10.3. The van der Waals surface area contributed by atoms with Crippen molar-refractivity contribution < 1.29 is 8.42 Å². The second-order valence-corrected chi connectivity index (χ2v) is 4.56. The van der Waals surface area contributed by atoms with Gasteiger partial charge in [-0.05, 0) is 18.6 Å². The van der Waals surface area contributed by atoms with Crippen LogP contribution >= 0.6 is 0 Å². The van der Waals surface area contributed by atoms with Gasteiger partial charge in [-0.25, -0.2) is 13.4 Å². The number of anilines is 2. The Morgan fingerprint density at radius 2 is 2.15 bits per heavy atom. The molecule has 0 atom stereocenters. The Morgan fingerprint density at radius 3 is 2.62 bits per heavy atom. The molecule has 1 aromatic heterocycles. The minimum Gasteiger partial charge on any atom is -0.397 e. The zero-order chi connectivity index (χ0) is 10.1. The minimum absolute atomic E-state index is 0.316. The number of hydrogen-bond acceptors (Lipinski definition) is 4. The van der Waals surface area contributed by atoms with Gasteiger partial charge in [0, 0.05) is 0 Å². The summed E-state index contributed by atoms with van der Waals surface area (Å²) in [6, 6.07) is 1.65. The number of hydrogen-bond donors (Lipinski definition) is 2. The third-order valence-corrected chi connectivity index (χ3v) is 1.95. The molecule has 72 valence electrons. The first-order valence-corrected chi connectivity index (χ1v) is 5.47. The van der Waals surface area contributed by atoms with E-state index in [1.54, 1.807) is 13.0 Å². The monoisotopic (exact) mass is 201 g/mol. The van der Waals surface area contributed by atoms with Crippen molar-refractivity contribution in [3.63, 3.8) is 0 Å². The van der Waals surface area contributed by atoms with Crippen LogP contribution in [0.25, 0.3) is 0 Å². The lowest BCUT2D eigenvalue weighted by molar-refractivity contribution is 0.606. The zero-order valence-corrected chi connectivity index (χ0v) is 8.22. The molecule has 0 aliphatic heterocycles. The normalized spacial score (nSPS) is 11.2. The molecule has 0 amide bonds. The van der Waals surface area contributed by atoms with E-state index in [4.69, 9.17) is 5.73 Å². The summed E-state index contributed by atoms with van der Waals surface area (Å²) in [6.45, 7) is 1.73. The molecule has 13 heavy (non-hydrogen) atoms. The van der Waals surface area contributed by atoms with E-state index in [0.717, 1.165) is 6.26 Å². The van der Waals surface area contributed by atoms with Gasteiger partial charge in [-0.3, -0.25) is 4.72 Å². The van der Waals surface area contributed by atoms with Gasteiger partial charge < -0.3 is 5.73 Å². The van der Waals surface area contributed by atoms with Gasteiger partial charge in [-0.15, -0.1) is 0 Å². The summed E-state index contributed by atoms with van der Waals surface area (Å²) in [7, 11) is -3.27. The highest BCUT2D eigenvalue weighted by atomic mass is 32.2. The lowest BCUT2D eigenvalue weighted by Gasteiger charge is -2.06. The first kappa shape index (κ1) is 9.79. The molecular weight excluding hydrogens is 190 g/mol. The van der Waals surface area contributed by atoms with Gasteiger partial charge in [0.25, 0.3) is 0 Å². The predicted octanol–water partition coefficient (Wildman–Crippen LogP) is 0.344. The maximum absolute atomic E-state index is 10.9. The number of nitrogens with zero attached hydrogens (tertiary/aromatic N) is 1. The van der Waals surface area contributed by atoms with E-state index in [2.05, 4.69) is 9.71 Å². The van der Waals surface area contributed by atoms with Crippen LogP contribution in [0.2, 0.25) is 0 Å². The third kappa shape index (κ3) is 2.90. The highest BCUT2D eigenvalue weighted by Gasteiger charge is 2.05. The fourth-order valence-electron chi connectivity index (χ4n) is 0.879. The molecule has 0 radical (unpaired) electrons. The van der Waals surface area contributed by atoms with Crippen LogP contribution in [0.5, 0.6) is 0 Å². The summed E-state index contributed by atoms with van der Waals surface area (Å²) in [5, 5.41) is 0. The van der Waals surface area contributed by atoms with Crippen LogP contribution < -0.4 is 10.5 Å². The smallest absolute Gasteiger partial charge is 0.230 e. The Bertz CT molecular complexity index is 414. The van der Waals surface area contributed by atoms with Gasteiger partial charge in [-0.1, -0.05) is 0 Å². The Morgan fingerprint density at radius 1 is 1.54 bits per heavy atom. The van der Waals surface area contributed by atoms with Gasteiger partial charge in [0.1, 0.15) is 5.82 Å². The van der Waals surface area contributed by atoms with E-state index >= 15 is 0 Å². The number of pyridine rings is 1. The summed E-state index contributed by atoms with van der Waals surface area (Å²) in [4.78, 5) is 3.85. The Kier molecular flexibility index (Phi) is 2.42. The predicted molar refractivity (Wildman–Crippen MR) is 51.9 cm³/mol. The fourth-order valence-corrected chi connectivity index (χ4v) is 1.44. The molecule has 0 aromatic carbocycles. The summed E-state index contributed by atoms with van der Waals surface area (Å²) >= 11 is 0. The highest BCUT2D eigenvalue weighted by Crippen LogP contribution is 2.14. The lowest BCUT2D eigenvalue weighted by Crippen LogP contribution is -2.12. The van der Waals surface area contributed by atoms with E-state index in [9.17, 15) is 8.42 Å². The molecule has 0 bridgehead atoms. The molecular formula is C7H11N3O2S. The maximum atomic E-state index is 10.9. The summed E-state index contributed by atoms with van der Waals surface area (Å²) < 4.78 is 24.0. The Balaban J connectivity index is 3.04. The van der Waals surface area contributed by atoms with Gasteiger partial charge in [0.15, 0.2) is 0 Å². The van der Waals surface area contributed by atoms with Crippen molar-refractivity contribution in [2.75, 3.05) is 16.7 Å². The van der Waals surface area contributed by atoms with E-state index in [-0.39, 0.29) is 0 Å². The van der Waals surface area contributed by atoms with Crippen molar-refractivity contribution in [3.05, 3.63) is 17.8 Å². The SMILES string of the molecule is Cc1cc(N)cnc1NS(C)(=O)=O. The minimum atomic E-state index is -3.27. The second kappa shape index (κ2) is 3.21. The standard InChI is InChI=1S/C7H11N3O2S/c1-5-3-6(8)4-9-7(5)10-13(2,11)12/h3-4H,8H2,1-2H3,(H,9,10). The van der Waals surface area contributed by atoms with Crippen molar-refractivity contribution in [1.82, 2.24) is 4.98 Å². The van der Waals surface area contributed by atoms with Crippen LogP contribution in [0, 0.1) is 6.92 Å². The second-order valence-electron chi connectivity index (χ2n) is 2.81. The molecule has 5 nitrogen and oxygen atoms in total. The Labute approximate surface area is 77.0 Å². The first-order valence-electron chi connectivity index (χ1n) is 3.58. The third-order valence-electron chi connectivity index (χ3n) is 1.38. The van der Waals surface area contributed by atoms with E-state index in [1.807, 2.05) is 0 Å². The molecule has 6 heteroatoms. The number of nitrogens with one attached hydrogen (secondary N) is 1. The number of rotatable bonds is 2. The van der Waals surface area contributed by atoms with Crippen molar-refractivity contribution in [3.8, 4) is 0 Å². The molecule has 0 spiro atoms. The van der Waals surface area contributed by atoms with Crippen LogP contribution in [-0.2, 0) is 10.0 Å². The molecule has 1 rings (SSSR count). The summed E-state index contributed by atoms with van der Waals surface area (Å²) in [6.07, 6.45) is 2.48. The average molecular weight is 201 g/mol.